The Morgan fingerprint density at radius 2 is 1.89 bits per heavy atom. The molecule has 27 heavy (non-hydrogen) atoms. The van der Waals surface area contributed by atoms with E-state index in [0.29, 0.717) is 46.7 Å². The maximum absolute atomic E-state index is 6.00. The highest BCUT2D eigenvalue weighted by Crippen LogP contribution is 2.42. The number of fused-ring (bicyclic) bond motifs is 2. The molecule has 1 N–H and O–H groups in total. The van der Waals surface area contributed by atoms with E-state index in [1.807, 2.05) is 30.3 Å². The largest absolute Gasteiger partial charge is 0.496 e. The van der Waals surface area contributed by atoms with Crippen molar-refractivity contribution in [2.75, 3.05) is 19.5 Å². The summed E-state index contributed by atoms with van der Waals surface area (Å²) >= 11 is 0. The molecule has 0 radical (unpaired) electrons. The summed E-state index contributed by atoms with van der Waals surface area (Å²) < 4.78 is 16.8. The smallest absolute Gasteiger partial charge is 0.250 e. The summed E-state index contributed by atoms with van der Waals surface area (Å²) in [4.78, 5) is 13.1. The first-order valence-electron chi connectivity index (χ1n) is 8.39. The van der Waals surface area contributed by atoms with Crippen LogP contribution in [0.3, 0.4) is 0 Å². The molecule has 7 nitrogen and oxygen atoms in total. The molecule has 136 valence electrons. The third kappa shape index (κ3) is 3.39. The highest BCUT2D eigenvalue weighted by atomic mass is 16.5. The van der Waals surface area contributed by atoms with Gasteiger partial charge in [-0.05, 0) is 5.56 Å². The van der Waals surface area contributed by atoms with E-state index >= 15 is 0 Å². The van der Waals surface area contributed by atoms with E-state index in [0.717, 1.165) is 5.56 Å². The van der Waals surface area contributed by atoms with Crippen molar-refractivity contribution in [3.63, 3.8) is 0 Å². The van der Waals surface area contributed by atoms with E-state index in [2.05, 4.69) is 20.3 Å². The monoisotopic (exact) mass is 362 g/mol. The second-order valence-electron chi connectivity index (χ2n) is 5.82. The first-order valence-corrected chi connectivity index (χ1v) is 8.39. The van der Waals surface area contributed by atoms with Gasteiger partial charge in [-0.1, -0.05) is 30.3 Å². The first-order chi connectivity index (χ1) is 13.3. The summed E-state index contributed by atoms with van der Waals surface area (Å²) in [5.74, 6) is 2.75. The molecule has 0 fully saturated rings. The van der Waals surface area contributed by atoms with Gasteiger partial charge in [0.1, 0.15) is 23.6 Å². The fourth-order valence-electron chi connectivity index (χ4n) is 2.77. The Bertz CT molecular complexity index is 990. The molecule has 1 aromatic heterocycles. The van der Waals surface area contributed by atoms with Crippen LogP contribution >= 0.6 is 0 Å². The fourth-order valence-corrected chi connectivity index (χ4v) is 2.77. The number of methoxy groups -OCH3 is 2. The summed E-state index contributed by atoms with van der Waals surface area (Å²) in [6, 6.07) is 13.6. The van der Waals surface area contributed by atoms with Gasteiger partial charge in [0, 0.05) is 24.9 Å². The molecular weight excluding hydrogens is 344 g/mol. The normalized spacial score (nSPS) is 11.6. The van der Waals surface area contributed by atoms with Crippen LogP contribution in [0.1, 0.15) is 11.1 Å². The van der Waals surface area contributed by atoms with E-state index in [1.165, 1.54) is 6.33 Å². The molecule has 2 aromatic carbocycles. The lowest BCUT2D eigenvalue weighted by Gasteiger charge is -2.13. The number of aromatic nitrogens is 2. The van der Waals surface area contributed by atoms with Crippen LogP contribution in [0.15, 0.2) is 53.8 Å². The summed E-state index contributed by atoms with van der Waals surface area (Å²) in [5, 5.41) is 3.29. The fraction of sp³-hybridized carbons (Fsp3) is 0.150. The highest BCUT2D eigenvalue weighted by molar-refractivity contribution is 5.92. The average Bonchev–Trinajstić information content (AvgIpc) is 2.91. The summed E-state index contributed by atoms with van der Waals surface area (Å²) in [5.41, 5.74) is 2.38. The van der Waals surface area contributed by atoms with Crippen molar-refractivity contribution in [1.82, 2.24) is 9.97 Å². The molecule has 0 unspecified atom stereocenters. The lowest BCUT2D eigenvalue weighted by molar-refractivity contribution is 0.385. The van der Waals surface area contributed by atoms with Crippen molar-refractivity contribution in [2.45, 2.75) is 6.54 Å². The van der Waals surface area contributed by atoms with E-state index in [9.17, 15) is 0 Å². The van der Waals surface area contributed by atoms with E-state index in [-0.39, 0.29) is 0 Å². The van der Waals surface area contributed by atoms with Crippen LogP contribution in [0.4, 0.5) is 11.5 Å². The predicted octanol–water partition coefficient (Wildman–Crippen LogP) is 3.96. The Morgan fingerprint density at radius 3 is 2.67 bits per heavy atom. The van der Waals surface area contributed by atoms with Crippen molar-refractivity contribution >= 4 is 17.7 Å². The lowest BCUT2D eigenvalue weighted by Crippen LogP contribution is -2.02. The van der Waals surface area contributed by atoms with Gasteiger partial charge >= 0.3 is 0 Å². The molecule has 1 aliphatic heterocycles. The molecule has 0 saturated carbocycles. The quantitative estimate of drug-likeness (QED) is 0.579. The maximum Gasteiger partial charge on any atom is 0.250 e. The first kappa shape index (κ1) is 16.8. The molecule has 7 heteroatoms. The highest BCUT2D eigenvalue weighted by Gasteiger charge is 2.21. The van der Waals surface area contributed by atoms with Gasteiger partial charge < -0.3 is 19.5 Å². The molecule has 2 heterocycles. The SMILES string of the molecule is COc1cc(OC)c2c(c1)Oc1ncnc(NCc3ccccc3)c1N=C2. The molecule has 0 spiro atoms. The van der Waals surface area contributed by atoms with Crippen molar-refractivity contribution in [3.8, 4) is 23.1 Å². The van der Waals surface area contributed by atoms with Crippen molar-refractivity contribution < 1.29 is 14.2 Å². The Morgan fingerprint density at radius 1 is 1.04 bits per heavy atom. The van der Waals surface area contributed by atoms with Crippen LogP contribution in [0.5, 0.6) is 23.1 Å². The predicted molar refractivity (Wildman–Crippen MR) is 103 cm³/mol. The zero-order valence-electron chi connectivity index (χ0n) is 15.0. The van der Waals surface area contributed by atoms with Crippen molar-refractivity contribution in [1.29, 1.82) is 0 Å². The number of aliphatic imine (C=N–C) groups is 1. The topological polar surface area (TPSA) is 77.9 Å². The molecule has 0 aliphatic carbocycles. The number of rotatable bonds is 5. The van der Waals surface area contributed by atoms with Gasteiger partial charge in [0.05, 0.1) is 19.8 Å². The average molecular weight is 362 g/mol. The molecule has 1 aliphatic rings. The van der Waals surface area contributed by atoms with Crippen LogP contribution in [0.25, 0.3) is 0 Å². The van der Waals surface area contributed by atoms with Gasteiger partial charge in [0.25, 0.3) is 5.88 Å². The van der Waals surface area contributed by atoms with Crippen molar-refractivity contribution in [3.05, 3.63) is 59.9 Å². The zero-order chi connectivity index (χ0) is 18.6. The molecule has 0 atom stereocenters. The minimum absolute atomic E-state index is 0.367. The number of nitrogens with one attached hydrogen (secondary N) is 1. The van der Waals surface area contributed by atoms with Gasteiger partial charge in [0.15, 0.2) is 11.5 Å². The number of hydrogen-bond donors (Lipinski definition) is 1. The molecule has 0 bridgehead atoms. The minimum atomic E-state index is 0.367. The summed E-state index contributed by atoms with van der Waals surface area (Å²) in [6.45, 7) is 0.615. The van der Waals surface area contributed by atoms with Crippen LogP contribution in [-0.2, 0) is 6.54 Å². The Balaban J connectivity index is 1.69. The van der Waals surface area contributed by atoms with Crippen LogP contribution in [0, 0.1) is 0 Å². The zero-order valence-corrected chi connectivity index (χ0v) is 15.0. The second-order valence-corrected chi connectivity index (χ2v) is 5.82. The number of nitrogens with zero attached hydrogens (tertiary/aromatic N) is 3. The van der Waals surface area contributed by atoms with Gasteiger partial charge in [-0.2, -0.15) is 4.98 Å². The standard InChI is InChI=1S/C20H18N4O3/c1-25-14-8-16(26-2)15-11-21-18-19(22-10-13-6-4-3-5-7-13)23-12-24-20(18)27-17(15)9-14/h3-9,11-12H,10H2,1-2H3,(H,22,23,24). The van der Waals surface area contributed by atoms with Crippen LogP contribution in [0.2, 0.25) is 0 Å². The third-order valence-corrected chi connectivity index (χ3v) is 4.15. The molecular formula is C20H18N4O3. The van der Waals surface area contributed by atoms with E-state index in [4.69, 9.17) is 14.2 Å². The molecule has 0 saturated heterocycles. The Hall–Kier alpha value is -3.61. The minimum Gasteiger partial charge on any atom is -0.496 e. The number of benzene rings is 2. The maximum atomic E-state index is 6.00. The van der Waals surface area contributed by atoms with Crippen LogP contribution < -0.4 is 19.5 Å². The molecule has 4 rings (SSSR count). The third-order valence-electron chi connectivity index (χ3n) is 4.15. The Labute approximate surface area is 156 Å². The summed E-state index contributed by atoms with van der Waals surface area (Å²) in [6.07, 6.45) is 3.14. The summed E-state index contributed by atoms with van der Waals surface area (Å²) in [7, 11) is 3.18. The van der Waals surface area contributed by atoms with Gasteiger partial charge in [-0.15, -0.1) is 0 Å². The van der Waals surface area contributed by atoms with Crippen molar-refractivity contribution in [2.24, 2.45) is 4.99 Å². The lowest BCUT2D eigenvalue weighted by atomic mass is 10.2. The molecule has 0 amide bonds. The van der Waals surface area contributed by atoms with E-state index in [1.54, 1.807) is 32.6 Å². The van der Waals surface area contributed by atoms with Crippen LogP contribution in [-0.4, -0.2) is 30.4 Å². The van der Waals surface area contributed by atoms with Gasteiger partial charge in [0.2, 0.25) is 0 Å². The number of hydrogen-bond acceptors (Lipinski definition) is 7. The van der Waals surface area contributed by atoms with Gasteiger partial charge in [-0.3, -0.25) is 0 Å². The van der Waals surface area contributed by atoms with E-state index < -0.39 is 0 Å². The van der Waals surface area contributed by atoms with Gasteiger partial charge in [-0.25, -0.2) is 9.98 Å². The molecule has 3 aromatic rings. The number of anilines is 1. The second kappa shape index (κ2) is 7.33. The number of ether oxygens (including phenoxy) is 3. The Kier molecular flexibility index (Phi) is 4.57.